The lowest BCUT2D eigenvalue weighted by Crippen LogP contribution is -2.09. The quantitative estimate of drug-likeness (QED) is 0.410. The van der Waals surface area contributed by atoms with Crippen LogP contribution in [-0.2, 0) is 7.05 Å². The minimum atomic E-state index is -0.158. The van der Waals surface area contributed by atoms with Crippen molar-refractivity contribution >= 4 is 44.7 Å². The van der Waals surface area contributed by atoms with Gasteiger partial charge in [0.2, 0.25) is 0 Å². The minimum Gasteiger partial charge on any atom is -0.326 e. The van der Waals surface area contributed by atoms with E-state index in [1.54, 1.807) is 0 Å². The van der Waals surface area contributed by atoms with Crippen LogP contribution in [0, 0.1) is 0 Å². The van der Waals surface area contributed by atoms with Crippen LogP contribution >= 0.6 is 22.7 Å². The van der Waals surface area contributed by atoms with Crippen LogP contribution in [0.5, 0.6) is 0 Å². The summed E-state index contributed by atoms with van der Waals surface area (Å²) in [7, 11) is 1.99. The number of nitrogens with zero attached hydrogens (tertiary/aromatic N) is 3. The van der Waals surface area contributed by atoms with Gasteiger partial charge in [0.05, 0.1) is 26.5 Å². The molecule has 0 unspecified atom stereocenters. The Bertz CT molecular complexity index is 1320. The highest BCUT2D eigenvalue weighted by Crippen LogP contribution is 2.31. The molecule has 0 aliphatic heterocycles. The maximum atomic E-state index is 12.7. The maximum absolute atomic E-state index is 12.7. The molecule has 0 atom stereocenters. The van der Waals surface area contributed by atoms with Crippen LogP contribution in [0.3, 0.4) is 0 Å². The number of aromatic nitrogens is 3. The molecule has 0 saturated heterocycles. The van der Waals surface area contributed by atoms with Crippen LogP contribution in [0.15, 0.2) is 72.1 Å². The number of carbonyl (C=O) groups excluding carboxylic acids is 1. The molecule has 0 bridgehead atoms. The molecule has 0 fully saturated rings. The van der Waals surface area contributed by atoms with Crippen molar-refractivity contribution in [2.45, 2.75) is 0 Å². The molecule has 0 aliphatic rings. The van der Waals surface area contributed by atoms with E-state index in [-0.39, 0.29) is 5.91 Å². The van der Waals surface area contributed by atoms with Crippen molar-refractivity contribution in [2.75, 3.05) is 5.32 Å². The fourth-order valence-corrected chi connectivity index (χ4v) is 4.82. The van der Waals surface area contributed by atoms with Gasteiger partial charge in [-0.3, -0.25) is 10.1 Å². The highest BCUT2D eigenvalue weighted by atomic mass is 32.1. The summed E-state index contributed by atoms with van der Waals surface area (Å²) < 4.78 is 2.05. The number of anilines is 1. The Morgan fingerprint density at radius 1 is 0.966 bits per heavy atom. The zero-order valence-corrected chi connectivity index (χ0v) is 17.1. The van der Waals surface area contributed by atoms with Crippen LogP contribution in [-0.4, -0.2) is 20.4 Å². The van der Waals surface area contributed by atoms with Gasteiger partial charge in [-0.25, -0.2) is 9.97 Å². The molecule has 7 heteroatoms. The second kappa shape index (κ2) is 7.27. The molecule has 0 radical (unpaired) electrons. The molecule has 5 rings (SSSR count). The van der Waals surface area contributed by atoms with Crippen molar-refractivity contribution in [1.29, 1.82) is 0 Å². The molecule has 1 N–H and O–H groups in total. The Hall–Kier alpha value is -3.29. The minimum absolute atomic E-state index is 0.158. The van der Waals surface area contributed by atoms with E-state index < -0.39 is 0 Å². The summed E-state index contributed by atoms with van der Waals surface area (Å²) in [5, 5.41) is 5.44. The summed E-state index contributed by atoms with van der Waals surface area (Å²) in [5.74, 6) is 0.699. The van der Waals surface area contributed by atoms with Crippen molar-refractivity contribution in [2.24, 2.45) is 7.05 Å². The molecular weight excluding hydrogens is 400 g/mol. The van der Waals surface area contributed by atoms with Crippen LogP contribution in [0.2, 0.25) is 0 Å². The number of thiophene rings is 1. The number of thiazole rings is 1. The van der Waals surface area contributed by atoms with Crippen LogP contribution in [0.4, 0.5) is 5.13 Å². The number of nitrogens with one attached hydrogen (secondary N) is 1. The summed E-state index contributed by atoms with van der Waals surface area (Å²) in [6.45, 7) is 0. The molecule has 0 spiro atoms. The van der Waals surface area contributed by atoms with Gasteiger partial charge in [-0.2, -0.15) is 0 Å². The average molecular weight is 417 g/mol. The van der Waals surface area contributed by atoms with E-state index in [1.165, 1.54) is 22.7 Å². The van der Waals surface area contributed by atoms with Gasteiger partial charge in [-0.15, -0.1) is 22.7 Å². The number of aryl methyl sites for hydroxylation is 1. The molecular formula is C22H16N4OS2. The number of amides is 1. The van der Waals surface area contributed by atoms with Crippen molar-refractivity contribution in [3.05, 3.63) is 77.0 Å². The first-order valence-corrected chi connectivity index (χ1v) is 10.7. The summed E-state index contributed by atoms with van der Waals surface area (Å²) in [6.07, 6.45) is 0. The molecule has 1 amide bonds. The molecule has 5 nitrogen and oxygen atoms in total. The number of fused-ring (bicyclic) bond motifs is 1. The van der Waals surface area contributed by atoms with E-state index in [4.69, 9.17) is 4.98 Å². The molecule has 2 aromatic carbocycles. The zero-order chi connectivity index (χ0) is 19.8. The van der Waals surface area contributed by atoms with Gasteiger partial charge in [0.25, 0.3) is 5.91 Å². The van der Waals surface area contributed by atoms with Crippen molar-refractivity contribution in [1.82, 2.24) is 14.5 Å². The van der Waals surface area contributed by atoms with Gasteiger partial charge in [-0.05, 0) is 24.3 Å². The first-order valence-electron chi connectivity index (χ1n) is 9.03. The molecule has 29 heavy (non-hydrogen) atoms. The van der Waals surface area contributed by atoms with E-state index >= 15 is 0 Å². The van der Waals surface area contributed by atoms with Gasteiger partial charge in [0.15, 0.2) is 11.0 Å². The fourth-order valence-electron chi connectivity index (χ4n) is 3.18. The first-order chi connectivity index (χ1) is 14.2. The summed E-state index contributed by atoms with van der Waals surface area (Å²) in [5.41, 5.74) is 3.90. The lowest BCUT2D eigenvalue weighted by Gasteiger charge is -2.00. The number of hydrogen-bond acceptors (Lipinski definition) is 5. The van der Waals surface area contributed by atoms with E-state index in [0.717, 1.165) is 33.0 Å². The first kappa shape index (κ1) is 17.8. The standard InChI is InChI=1S/C22H16N4OS2/c1-26-17-10-6-5-9-15(17)23-20(26)18-11-12-19(29-18)21(27)25-22-24-16(13-28-22)14-7-3-2-4-8-14/h2-13H,1H3,(H,24,25,27). The van der Waals surface area contributed by atoms with Gasteiger partial charge in [-0.1, -0.05) is 42.5 Å². The Balaban J connectivity index is 1.37. The monoisotopic (exact) mass is 416 g/mol. The smallest absolute Gasteiger partial charge is 0.267 e. The Morgan fingerprint density at radius 3 is 2.59 bits per heavy atom. The van der Waals surface area contributed by atoms with Crippen molar-refractivity contribution < 1.29 is 4.79 Å². The normalized spacial score (nSPS) is 11.1. The third-order valence-electron chi connectivity index (χ3n) is 4.63. The molecule has 0 saturated carbocycles. The third-order valence-corrected chi connectivity index (χ3v) is 6.47. The average Bonchev–Trinajstić information content (AvgIpc) is 3.48. The molecule has 3 heterocycles. The van der Waals surface area contributed by atoms with E-state index in [9.17, 15) is 4.79 Å². The number of rotatable bonds is 4. The number of hydrogen-bond donors (Lipinski definition) is 1. The molecule has 5 aromatic rings. The Morgan fingerprint density at radius 2 is 1.76 bits per heavy atom. The third kappa shape index (κ3) is 3.35. The number of carbonyl (C=O) groups is 1. The Labute approximate surface area is 175 Å². The van der Waals surface area contributed by atoms with Gasteiger partial charge >= 0.3 is 0 Å². The topological polar surface area (TPSA) is 59.8 Å². The number of para-hydroxylation sites is 2. The second-order valence-electron chi connectivity index (χ2n) is 6.51. The Kier molecular flexibility index (Phi) is 4.46. The summed E-state index contributed by atoms with van der Waals surface area (Å²) in [4.78, 5) is 23.5. The van der Waals surface area contributed by atoms with Crippen LogP contribution < -0.4 is 5.32 Å². The van der Waals surface area contributed by atoms with Gasteiger partial charge < -0.3 is 4.57 Å². The SMILES string of the molecule is Cn1c(-c2ccc(C(=O)Nc3nc(-c4ccccc4)cs3)s2)nc2ccccc21. The fraction of sp³-hybridized carbons (Fsp3) is 0.0455. The predicted octanol–water partition coefficient (Wildman–Crippen LogP) is 5.68. The zero-order valence-electron chi connectivity index (χ0n) is 15.5. The van der Waals surface area contributed by atoms with E-state index in [2.05, 4.69) is 14.9 Å². The molecule has 0 aliphatic carbocycles. The van der Waals surface area contributed by atoms with Crippen LogP contribution in [0.25, 0.3) is 33.0 Å². The number of benzene rings is 2. The van der Waals surface area contributed by atoms with E-state index in [0.29, 0.717) is 10.0 Å². The molecule has 142 valence electrons. The largest absolute Gasteiger partial charge is 0.326 e. The summed E-state index contributed by atoms with van der Waals surface area (Å²) in [6, 6.07) is 21.7. The highest BCUT2D eigenvalue weighted by Gasteiger charge is 2.16. The van der Waals surface area contributed by atoms with Gasteiger partial charge in [0, 0.05) is 18.0 Å². The lowest BCUT2D eigenvalue weighted by atomic mass is 10.2. The maximum Gasteiger partial charge on any atom is 0.267 e. The van der Waals surface area contributed by atoms with Crippen molar-refractivity contribution in [3.63, 3.8) is 0 Å². The van der Waals surface area contributed by atoms with Gasteiger partial charge in [0.1, 0.15) is 0 Å². The van der Waals surface area contributed by atoms with Crippen LogP contribution in [0.1, 0.15) is 9.67 Å². The predicted molar refractivity (Wildman–Crippen MR) is 120 cm³/mol. The molecule has 3 aromatic heterocycles. The highest BCUT2D eigenvalue weighted by molar-refractivity contribution is 7.17. The lowest BCUT2D eigenvalue weighted by molar-refractivity contribution is 0.103. The van der Waals surface area contributed by atoms with Crippen molar-refractivity contribution in [3.8, 4) is 22.0 Å². The summed E-state index contributed by atoms with van der Waals surface area (Å²) >= 11 is 2.85. The van der Waals surface area contributed by atoms with E-state index in [1.807, 2.05) is 79.2 Å². The second-order valence-corrected chi connectivity index (χ2v) is 8.45. The number of imidazole rings is 1.